The lowest BCUT2D eigenvalue weighted by Crippen LogP contribution is -2.54. The lowest BCUT2D eigenvalue weighted by atomic mass is 10.2. The van der Waals surface area contributed by atoms with Gasteiger partial charge < -0.3 is 9.80 Å². The van der Waals surface area contributed by atoms with Crippen LogP contribution in [-0.4, -0.2) is 67.3 Å². The van der Waals surface area contributed by atoms with Gasteiger partial charge >= 0.3 is 0 Å². The number of benzene rings is 2. The molecule has 0 spiro atoms. The molecule has 1 unspecified atom stereocenters. The van der Waals surface area contributed by atoms with Gasteiger partial charge in [-0.15, -0.1) is 0 Å². The van der Waals surface area contributed by atoms with Crippen LogP contribution in [0.2, 0.25) is 0 Å². The number of amides is 1. The number of piperazine rings is 1. The van der Waals surface area contributed by atoms with Gasteiger partial charge in [0.15, 0.2) is 5.13 Å². The summed E-state index contributed by atoms with van der Waals surface area (Å²) in [5.74, 6) is -0.651. The number of carbonyl (C=O) groups excluding carboxylic acids is 1. The van der Waals surface area contributed by atoms with Gasteiger partial charge in [-0.1, -0.05) is 17.4 Å². The molecule has 2 aliphatic rings. The number of anilines is 1. The quantitative estimate of drug-likeness (QED) is 0.564. The molecule has 10 heteroatoms. The Bertz CT molecular complexity index is 1280. The minimum Gasteiger partial charge on any atom is -0.345 e. The van der Waals surface area contributed by atoms with Gasteiger partial charge in [-0.25, -0.2) is 17.8 Å². The summed E-state index contributed by atoms with van der Waals surface area (Å²) in [5, 5.41) is 0.948. The summed E-state index contributed by atoms with van der Waals surface area (Å²) < 4.78 is 41.9. The monoisotopic (exact) mass is 488 g/mol. The molecule has 0 aliphatic carbocycles. The molecular weight excluding hydrogens is 463 g/mol. The highest BCUT2D eigenvalue weighted by Crippen LogP contribution is 2.31. The Morgan fingerprint density at radius 1 is 1.06 bits per heavy atom. The van der Waals surface area contributed by atoms with Gasteiger partial charge in [0.25, 0.3) is 0 Å². The fourth-order valence-corrected chi connectivity index (χ4v) is 7.27. The second kappa shape index (κ2) is 8.66. The normalized spacial score (nSPS) is 20.0. The van der Waals surface area contributed by atoms with Crippen LogP contribution in [-0.2, 0) is 14.8 Å². The predicted molar refractivity (Wildman–Crippen MR) is 126 cm³/mol. The van der Waals surface area contributed by atoms with Crippen LogP contribution >= 0.6 is 11.3 Å². The van der Waals surface area contributed by atoms with Crippen molar-refractivity contribution in [3.8, 4) is 0 Å². The summed E-state index contributed by atoms with van der Waals surface area (Å²) in [4.78, 5) is 22.0. The summed E-state index contributed by atoms with van der Waals surface area (Å²) >= 11 is 1.65. The van der Waals surface area contributed by atoms with Gasteiger partial charge in [-0.05, 0) is 61.7 Å². The van der Waals surface area contributed by atoms with Crippen molar-refractivity contribution < 1.29 is 17.6 Å². The lowest BCUT2D eigenvalue weighted by Gasteiger charge is -2.37. The molecular formula is C23H25FN4O3S2. The highest BCUT2D eigenvalue weighted by Gasteiger charge is 2.41. The number of sulfonamides is 1. The predicted octanol–water partition coefficient (Wildman–Crippen LogP) is 3.25. The number of hydrogen-bond donors (Lipinski definition) is 0. The number of nitrogens with zero attached hydrogens (tertiary/aromatic N) is 4. The molecule has 0 radical (unpaired) electrons. The van der Waals surface area contributed by atoms with E-state index in [9.17, 15) is 17.6 Å². The number of aromatic nitrogens is 1. The fourth-order valence-electron chi connectivity index (χ4n) is 4.50. The average molecular weight is 489 g/mol. The number of halogens is 1. The summed E-state index contributed by atoms with van der Waals surface area (Å²) in [7, 11) is -3.86. The van der Waals surface area contributed by atoms with Crippen LogP contribution < -0.4 is 4.90 Å². The van der Waals surface area contributed by atoms with Crippen LogP contribution in [0.25, 0.3) is 10.2 Å². The van der Waals surface area contributed by atoms with E-state index in [1.807, 2.05) is 6.07 Å². The van der Waals surface area contributed by atoms with E-state index < -0.39 is 21.9 Å². The van der Waals surface area contributed by atoms with Gasteiger partial charge in [0.2, 0.25) is 15.9 Å². The summed E-state index contributed by atoms with van der Waals surface area (Å²) in [6.45, 7) is 4.71. The van der Waals surface area contributed by atoms with Crippen molar-refractivity contribution in [3.63, 3.8) is 0 Å². The van der Waals surface area contributed by atoms with Crippen LogP contribution in [0, 0.1) is 12.7 Å². The molecule has 1 aromatic heterocycles. The Balaban J connectivity index is 1.27. The number of rotatable bonds is 4. The first-order chi connectivity index (χ1) is 15.8. The largest absolute Gasteiger partial charge is 0.345 e. The zero-order valence-electron chi connectivity index (χ0n) is 18.3. The number of aryl methyl sites for hydroxylation is 1. The van der Waals surface area contributed by atoms with Gasteiger partial charge in [-0.2, -0.15) is 4.31 Å². The van der Waals surface area contributed by atoms with E-state index in [0.717, 1.165) is 27.5 Å². The van der Waals surface area contributed by atoms with E-state index in [1.54, 1.807) is 16.2 Å². The fraction of sp³-hybridized carbons (Fsp3) is 0.391. The topological polar surface area (TPSA) is 73.8 Å². The minimum atomic E-state index is -3.86. The van der Waals surface area contributed by atoms with Crippen molar-refractivity contribution in [3.05, 3.63) is 53.8 Å². The van der Waals surface area contributed by atoms with Crippen LogP contribution in [0.4, 0.5) is 9.52 Å². The minimum absolute atomic E-state index is 0.0134. The van der Waals surface area contributed by atoms with Crippen LogP contribution in [0.3, 0.4) is 0 Å². The molecule has 7 nitrogen and oxygen atoms in total. The Morgan fingerprint density at radius 3 is 2.52 bits per heavy atom. The molecule has 2 aliphatic heterocycles. The number of thiazole rings is 1. The summed E-state index contributed by atoms with van der Waals surface area (Å²) in [5.41, 5.74) is 2.18. The van der Waals surface area contributed by atoms with E-state index in [2.05, 4.69) is 24.0 Å². The van der Waals surface area contributed by atoms with E-state index in [0.29, 0.717) is 45.6 Å². The highest BCUT2D eigenvalue weighted by atomic mass is 32.2. The molecule has 0 bridgehead atoms. The highest BCUT2D eigenvalue weighted by molar-refractivity contribution is 7.89. The second-order valence-corrected chi connectivity index (χ2v) is 11.4. The van der Waals surface area contributed by atoms with Crippen molar-refractivity contribution in [2.45, 2.75) is 30.7 Å². The number of fused-ring (bicyclic) bond motifs is 1. The molecule has 2 fully saturated rings. The van der Waals surface area contributed by atoms with Crippen LogP contribution in [0.1, 0.15) is 18.4 Å². The van der Waals surface area contributed by atoms with Crippen molar-refractivity contribution in [2.24, 2.45) is 0 Å². The Labute approximate surface area is 196 Å². The summed E-state index contributed by atoms with van der Waals surface area (Å²) in [6.07, 6.45) is 1.12. The first-order valence-electron chi connectivity index (χ1n) is 11.0. The van der Waals surface area contributed by atoms with Crippen molar-refractivity contribution in [2.75, 3.05) is 37.6 Å². The standard InChI is InChI=1S/C23H25FN4O3S2/c1-16-4-9-19-21(15-16)32-23(25-19)27-13-11-26(12-14-27)22(29)20-3-2-10-28(20)33(30,31)18-7-5-17(24)6-8-18/h4-9,15,20H,2-3,10-14H2,1H3. The molecule has 2 aromatic carbocycles. The lowest BCUT2D eigenvalue weighted by molar-refractivity contribution is -0.134. The van der Waals surface area contributed by atoms with Crippen molar-refractivity contribution in [1.29, 1.82) is 0 Å². The molecule has 2 saturated heterocycles. The smallest absolute Gasteiger partial charge is 0.243 e. The van der Waals surface area contributed by atoms with Crippen molar-refractivity contribution in [1.82, 2.24) is 14.2 Å². The van der Waals surface area contributed by atoms with Gasteiger partial charge in [-0.3, -0.25) is 4.79 Å². The third kappa shape index (κ3) is 4.22. The molecule has 1 atom stereocenters. The van der Waals surface area contributed by atoms with E-state index in [-0.39, 0.29) is 10.8 Å². The molecule has 3 aromatic rings. The van der Waals surface area contributed by atoms with Gasteiger partial charge in [0.05, 0.1) is 15.1 Å². The zero-order valence-corrected chi connectivity index (χ0v) is 19.9. The third-order valence-electron chi connectivity index (χ3n) is 6.30. The average Bonchev–Trinajstić information content (AvgIpc) is 3.46. The molecule has 1 amide bonds. The SMILES string of the molecule is Cc1ccc2nc(N3CCN(C(=O)C4CCCN4S(=O)(=O)c4ccc(F)cc4)CC3)sc2c1. The maximum Gasteiger partial charge on any atom is 0.243 e. The third-order valence-corrected chi connectivity index (χ3v) is 9.30. The molecule has 0 saturated carbocycles. The molecule has 33 heavy (non-hydrogen) atoms. The first kappa shape index (κ1) is 22.2. The zero-order chi connectivity index (χ0) is 23.2. The van der Waals surface area contributed by atoms with E-state index in [4.69, 9.17) is 4.98 Å². The molecule has 0 N–H and O–H groups in total. The number of carbonyl (C=O) groups is 1. The molecule has 174 valence electrons. The van der Waals surface area contributed by atoms with Crippen molar-refractivity contribution >= 4 is 42.6 Å². The molecule has 3 heterocycles. The Morgan fingerprint density at radius 2 is 1.79 bits per heavy atom. The first-order valence-corrected chi connectivity index (χ1v) is 13.3. The van der Waals surface area contributed by atoms with Gasteiger partial charge in [0, 0.05) is 32.7 Å². The van der Waals surface area contributed by atoms with Crippen LogP contribution in [0.5, 0.6) is 0 Å². The molecule has 5 rings (SSSR count). The maximum absolute atomic E-state index is 13.3. The van der Waals surface area contributed by atoms with E-state index >= 15 is 0 Å². The Kier molecular flexibility index (Phi) is 5.84. The maximum atomic E-state index is 13.3. The van der Waals surface area contributed by atoms with E-state index in [1.165, 1.54) is 22.0 Å². The number of hydrogen-bond acceptors (Lipinski definition) is 6. The Hall–Kier alpha value is -2.56. The second-order valence-electron chi connectivity index (χ2n) is 8.51. The summed E-state index contributed by atoms with van der Waals surface area (Å²) in [6, 6.07) is 10.3. The van der Waals surface area contributed by atoms with Crippen LogP contribution in [0.15, 0.2) is 47.4 Å². The van der Waals surface area contributed by atoms with Gasteiger partial charge in [0.1, 0.15) is 11.9 Å².